The number of likely N-dealkylation sites (tertiary alicyclic amines) is 1. The van der Waals surface area contributed by atoms with Gasteiger partial charge in [0, 0.05) is 12.0 Å². The minimum Gasteiger partial charge on any atom is -0.394 e. The van der Waals surface area contributed by atoms with Crippen LogP contribution in [-0.4, -0.2) is 34.1 Å². The molecule has 0 aromatic carbocycles. The van der Waals surface area contributed by atoms with Gasteiger partial charge in [0.05, 0.1) is 12.6 Å². The number of aliphatic hydroxyl groups excluding tert-OH is 1. The maximum atomic E-state index is 12.0. The highest BCUT2D eigenvalue weighted by Crippen LogP contribution is 2.36. The van der Waals surface area contributed by atoms with E-state index in [1.807, 2.05) is 24.8 Å². The van der Waals surface area contributed by atoms with Crippen molar-refractivity contribution in [3.8, 4) is 0 Å². The van der Waals surface area contributed by atoms with Crippen LogP contribution in [0.1, 0.15) is 40.0 Å². The van der Waals surface area contributed by atoms with Gasteiger partial charge in [-0.3, -0.25) is 4.79 Å². The number of aliphatic hydroxyl groups is 1. The predicted molar refractivity (Wildman–Crippen MR) is 65.0 cm³/mol. The molecule has 1 rings (SSSR count). The molecule has 3 nitrogen and oxygen atoms in total. The van der Waals surface area contributed by atoms with E-state index in [0.29, 0.717) is 6.42 Å². The minimum atomic E-state index is -0.156. The zero-order valence-electron chi connectivity index (χ0n) is 10.6. The summed E-state index contributed by atoms with van der Waals surface area (Å²) in [4.78, 5) is 13.8. The number of nitrogens with zero attached hydrogens (tertiary/aromatic N) is 1. The topological polar surface area (TPSA) is 40.5 Å². The molecule has 0 aromatic rings. The van der Waals surface area contributed by atoms with Crippen molar-refractivity contribution in [2.45, 2.75) is 51.6 Å². The van der Waals surface area contributed by atoms with E-state index in [4.69, 9.17) is 0 Å². The van der Waals surface area contributed by atoms with Gasteiger partial charge in [0.2, 0.25) is 5.91 Å². The molecule has 0 radical (unpaired) electrons. The van der Waals surface area contributed by atoms with Crippen molar-refractivity contribution < 1.29 is 9.90 Å². The van der Waals surface area contributed by atoms with Crippen LogP contribution in [0.3, 0.4) is 0 Å². The number of carbonyl (C=O) groups excluding carboxylic acids is 1. The van der Waals surface area contributed by atoms with Crippen molar-refractivity contribution in [1.82, 2.24) is 4.90 Å². The maximum Gasteiger partial charge on any atom is 0.223 e. The molecule has 92 valence electrons. The number of hydrogen-bond acceptors (Lipinski definition) is 2. The quantitative estimate of drug-likeness (QED) is 0.727. The molecular weight excluding hydrogens is 202 g/mol. The minimum absolute atomic E-state index is 0.0378. The second-order valence-electron chi connectivity index (χ2n) is 5.25. The van der Waals surface area contributed by atoms with E-state index in [-0.39, 0.29) is 30.0 Å². The first kappa shape index (κ1) is 13.2. The number of amides is 1. The van der Waals surface area contributed by atoms with Gasteiger partial charge >= 0.3 is 0 Å². The first-order chi connectivity index (χ1) is 7.46. The molecule has 0 aromatic heterocycles. The average molecular weight is 225 g/mol. The first-order valence-electron chi connectivity index (χ1n) is 6.00. The molecule has 0 bridgehead atoms. The van der Waals surface area contributed by atoms with Crippen LogP contribution in [0, 0.1) is 5.92 Å². The Balaban J connectivity index is 2.96. The van der Waals surface area contributed by atoms with Crippen molar-refractivity contribution in [2.24, 2.45) is 5.92 Å². The molecule has 2 atom stereocenters. The third-order valence-corrected chi connectivity index (χ3v) is 3.60. The second-order valence-corrected chi connectivity index (χ2v) is 5.25. The molecule has 1 fully saturated rings. The molecule has 16 heavy (non-hydrogen) atoms. The molecule has 0 aliphatic carbocycles. The van der Waals surface area contributed by atoms with Crippen molar-refractivity contribution >= 4 is 5.91 Å². The lowest BCUT2D eigenvalue weighted by atomic mass is 9.91. The highest BCUT2D eigenvalue weighted by atomic mass is 16.3. The third kappa shape index (κ3) is 2.29. The Morgan fingerprint density at radius 3 is 2.69 bits per heavy atom. The maximum absolute atomic E-state index is 12.0. The molecule has 0 spiro atoms. The van der Waals surface area contributed by atoms with E-state index >= 15 is 0 Å². The second kappa shape index (κ2) is 5.00. The largest absolute Gasteiger partial charge is 0.394 e. The Kier molecular flexibility index (Phi) is 4.14. The van der Waals surface area contributed by atoms with Gasteiger partial charge in [0.25, 0.3) is 0 Å². The standard InChI is InChI=1S/C13H23NO2/c1-5-7-13(4)8-6-12(16)14(13)11(9-15)10(2)3/h5,10-11,15H,1,6-9H2,2-4H3/t11-,13-/m0/s1. The van der Waals surface area contributed by atoms with Crippen LogP contribution in [-0.2, 0) is 4.79 Å². The van der Waals surface area contributed by atoms with E-state index in [9.17, 15) is 9.90 Å². The smallest absolute Gasteiger partial charge is 0.223 e. The molecule has 1 aliphatic heterocycles. The first-order valence-corrected chi connectivity index (χ1v) is 6.00. The third-order valence-electron chi connectivity index (χ3n) is 3.60. The van der Waals surface area contributed by atoms with Crippen LogP contribution in [0.25, 0.3) is 0 Å². The number of hydrogen-bond donors (Lipinski definition) is 1. The summed E-state index contributed by atoms with van der Waals surface area (Å²) in [5.41, 5.74) is -0.156. The Morgan fingerprint density at radius 2 is 2.25 bits per heavy atom. The fourth-order valence-corrected chi connectivity index (χ4v) is 2.61. The van der Waals surface area contributed by atoms with Gasteiger partial charge in [-0.15, -0.1) is 6.58 Å². The summed E-state index contributed by atoms with van der Waals surface area (Å²) < 4.78 is 0. The number of rotatable bonds is 5. The van der Waals surface area contributed by atoms with Crippen molar-refractivity contribution in [2.75, 3.05) is 6.61 Å². The summed E-state index contributed by atoms with van der Waals surface area (Å²) in [6, 6.07) is -0.0695. The molecule has 1 N–H and O–H groups in total. The lowest BCUT2D eigenvalue weighted by molar-refractivity contribution is -0.136. The van der Waals surface area contributed by atoms with Crippen molar-refractivity contribution in [3.05, 3.63) is 12.7 Å². The Bertz CT molecular complexity index is 275. The van der Waals surface area contributed by atoms with Crippen LogP contribution in [0.5, 0.6) is 0 Å². The Hall–Kier alpha value is -0.830. The van der Waals surface area contributed by atoms with Crippen LogP contribution in [0.2, 0.25) is 0 Å². The fraction of sp³-hybridized carbons (Fsp3) is 0.769. The summed E-state index contributed by atoms with van der Waals surface area (Å²) in [7, 11) is 0. The van der Waals surface area contributed by atoms with Gasteiger partial charge in [-0.2, -0.15) is 0 Å². The molecule has 1 heterocycles. The number of carbonyl (C=O) groups is 1. The molecule has 0 unspecified atom stereocenters. The Labute approximate surface area is 98.1 Å². The molecular formula is C13H23NO2. The Morgan fingerprint density at radius 1 is 1.62 bits per heavy atom. The highest BCUT2D eigenvalue weighted by Gasteiger charge is 2.44. The zero-order chi connectivity index (χ0) is 12.3. The summed E-state index contributed by atoms with van der Waals surface area (Å²) in [5, 5.41) is 9.46. The van der Waals surface area contributed by atoms with Crippen LogP contribution in [0.15, 0.2) is 12.7 Å². The molecule has 1 aliphatic rings. The van der Waals surface area contributed by atoms with E-state index in [1.165, 1.54) is 0 Å². The fourth-order valence-electron chi connectivity index (χ4n) is 2.61. The van der Waals surface area contributed by atoms with Gasteiger partial charge in [-0.25, -0.2) is 0 Å². The zero-order valence-corrected chi connectivity index (χ0v) is 10.6. The van der Waals surface area contributed by atoms with Gasteiger partial charge in [0.1, 0.15) is 0 Å². The van der Waals surface area contributed by atoms with Gasteiger partial charge in [-0.05, 0) is 25.7 Å². The lowest BCUT2D eigenvalue weighted by Crippen LogP contribution is -2.52. The van der Waals surface area contributed by atoms with Crippen LogP contribution < -0.4 is 0 Å². The molecule has 1 saturated heterocycles. The van der Waals surface area contributed by atoms with Gasteiger partial charge in [0.15, 0.2) is 0 Å². The van der Waals surface area contributed by atoms with E-state index in [2.05, 4.69) is 13.5 Å². The SMILES string of the molecule is C=CC[C@@]1(C)CCC(=O)N1[C@@H](CO)C(C)C. The van der Waals surface area contributed by atoms with Gasteiger partial charge < -0.3 is 10.0 Å². The van der Waals surface area contributed by atoms with Crippen LogP contribution >= 0.6 is 0 Å². The van der Waals surface area contributed by atoms with Crippen LogP contribution in [0.4, 0.5) is 0 Å². The lowest BCUT2D eigenvalue weighted by Gasteiger charge is -2.41. The summed E-state index contributed by atoms with van der Waals surface area (Å²) in [6.07, 6.45) is 4.11. The monoisotopic (exact) mass is 225 g/mol. The molecule has 3 heteroatoms. The summed E-state index contributed by atoms with van der Waals surface area (Å²) in [6.45, 7) is 9.97. The molecule has 0 saturated carbocycles. The summed E-state index contributed by atoms with van der Waals surface area (Å²) in [5.74, 6) is 0.438. The predicted octanol–water partition coefficient (Wildman–Crippen LogP) is 1.96. The summed E-state index contributed by atoms with van der Waals surface area (Å²) >= 11 is 0. The average Bonchev–Trinajstić information content (AvgIpc) is 2.47. The van der Waals surface area contributed by atoms with E-state index < -0.39 is 0 Å². The van der Waals surface area contributed by atoms with Crippen molar-refractivity contribution in [1.29, 1.82) is 0 Å². The highest BCUT2D eigenvalue weighted by molar-refractivity contribution is 5.80. The molecule has 1 amide bonds. The van der Waals surface area contributed by atoms with E-state index in [0.717, 1.165) is 12.8 Å². The van der Waals surface area contributed by atoms with Crippen molar-refractivity contribution in [3.63, 3.8) is 0 Å². The normalized spacial score (nSPS) is 27.6. The van der Waals surface area contributed by atoms with Gasteiger partial charge in [-0.1, -0.05) is 19.9 Å². The van der Waals surface area contributed by atoms with E-state index in [1.54, 1.807) is 0 Å².